The highest BCUT2D eigenvalue weighted by Gasteiger charge is 2.20. The second kappa shape index (κ2) is 8.11. The Morgan fingerprint density at radius 1 is 1.20 bits per heavy atom. The maximum Gasteiger partial charge on any atom is 0.359 e. The molecule has 130 valence electrons. The number of hydrogen-bond donors (Lipinski definition) is 1. The van der Waals surface area contributed by atoms with Crippen LogP contribution in [0.5, 0.6) is 0 Å². The molecular formula is C14H8Cl3N3O5. The zero-order chi connectivity index (χ0) is 18.6. The number of carbonyl (C=O) groups excluding carboxylic acids is 2. The minimum atomic E-state index is -0.999. The lowest BCUT2D eigenvalue weighted by Gasteiger charge is -2.08. The molecule has 2 aromatic rings. The molecule has 0 spiro atoms. The number of anilines is 1. The monoisotopic (exact) mass is 403 g/mol. The van der Waals surface area contributed by atoms with Crippen LogP contribution in [0.4, 0.5) is 11.4 Å². The first-order valence-electron chi connectivity index (χ1n) is 6.51. The van der Waals surface area contributed by atoms with Gasteiger partial charge >= 0.3 is 5.97 Å². The molecule has 11 heteroatoms. The maximum absolute atomic E-state index is 11.9. The number of esters is 1. The number of halogens is 3. The first-order valence-corrected chi connectivity index (χ1v) is 7.64. The Morgan fingerprint density at radius 3 is 2.56 bits per heavy atom. The molecule has 1 N–H and O–H groups in total. The third-order valence-corrected chi connectivity index (χ3v) is 4.06. The van der Waals surface area contributed by atoms with E-state index in [9.17, 15) is 19.7 Å². The number of nitro benzene ring substituents is 1. The van der Waals surface area contributed by atoms with Crippen LogP contribution in [0.15, 0.2) is 30.5 Å². The third kappa shape index (κ3) is 4.56. The molecule has 1 aromatic heterocycles. The van der Waals surface area contributed by atoms with Crippen molar-refractivity contribution in [3.8, 4) is 0 Å². The smallest absolute Gasteiger partial charge is 0.359 e. The van der Waals surface area contributed by atoms with Gasteiger partial charge in [0.1, 0.15) is 5.69 Å². The lowest BCUT2D eigenvalue weighted by molar-refractivity contribution is -0.383. The maximum atomic E-state index is 11.9. The molecule has 0 radical (unpaired) electrons. The molecule has 1 heterocycles. The molecule has 0 aliphatic heterocycles. The Morgan fingerprint density at radius 2 is 1.88 bits per heavy atom. The SMILES string of the molecule is O=C(COC(=O)c1ncc(Cl)c(Cl)c1Cl)Nc1ccccc1[N+](=O)[O-]. The standard InChI is InChI=1S/C14H8Cl3N3O5/c15-7-5-18-13(12(17)11(7)16)14(22)25-6-10(21)19-8-3-1-2-4-9(8)20(23)24/h1-5H,6H2,(H,19,21). The van der Waals surface area contributed by atoms with Gasteiger partial charge in [0, 0.05) is 12.3 Å². The molecule has 0 bridgehead atoms. The van der Waals surface area contributed by atoms with Crippen LogP contribution in [-0.2, 0) is 9.53 Å². The second-order valence-electron chi connectivity index (χ2n) is 4.48. The van der Waals surface area contributed by atoms with Crippen molar-refractivity contribution in [3.63, 3.8) is 0 Å². The largest absolute Gasteiger partial charge is 0.451 e. The summed E-state index contributed by atoms with van der Waals surface area (Å²) in [5.74, 6) is -1.78. The number of nitrogens with zero attached hydrogens (tertiary/aromatic N) is 2. The van der Waals surface area contributed by atoms with E-state index in [1.54, 1.807) is 0 Å². The van der Waals surface area contributed by atoms with Crippen molar-refractivity contribution in [2.75, 3.05) is 11.9 Å². The van der Waals surface area contributed by atoms with E-state index in [0.717, 1.165) is 6.20 Å². The number of pyridine rings is 1. The summed E-state index contributed by atoms with van der Waals surface area (Å²) in [6.07, 6.45) is 1.11. The summed E-state index contributed by atoms with van der Waals surface area (Å²) in [7, 11) is 0. The van der Waals surface area contributed by atoms with E-state index in [-0.39, 0.29) is 32.1 Å². The van der Waals surface area contributed by atoms with E-state index < -0.39 is 23.4 Å². The third-order valence-electron chi connectivity index (χ3n) is 2.82. The van der Waals surface area contributed by atoms with Crippen molar-refractivity contribution >= 4 is 58.1 Å². The van der Waals surface area contributed by atoms with Gasteiger partial charge in [-0.3, -0.25) is 14.9 Å². The molecule has 8 nitrogen and oxygen atoms in total. The Kier molecular flexibility index (Phi) is 6.13. The summed E-state index contributed by atoms with van der Waals surface area (Å²) in [5, 5.41) is 12.9. The predicted molar refractivity (Wildman–Crippen MR) is 91.3 cm³/mol. The van der Waals surface area contributed by atoms with Crippen molar-refractivity contribution in [2.45, 2.75) is 0 Å². The summed E-state index contributed by atoms with van der Waals surface area (Å²) in [6.45, 7) is -0.705. The van der Waals surface area contributed by atoms with Gasteiger partial charge in [-0.15, -0.1) is 0 Å². The van der Waals surface area contributed by atoms with E-state index in [0.29, 0.717) is 0 Å². The first-order chi connectivity index (χ1) is 11.8. The average Bonchev–Trinajstić information content (AvgIpc) is 2.58. The zero-order valence-electron chi connectivity index (χ0n) is 12.2. The summed E-state index contributed by atoms with van der Waals surface area (Å²) < 4.78 is 4.77. The van der Waals surface area contributed by atoms with Crippen LogP contribution >= 0.6 is 34.8 Å². The highest BCUT2D eigenvalue weighted by Crippen LogP contribution is 2.31. The van der Waals surface area contributed by atoms with E-state index in [1.165, 1.54) is 24.3 Å². The topological polar surface area (TPSA) is 111 Å². The van der Waals surface area contributed by atoms with Crippen LogP contribution in [0.3, 0.4) is 0 Å². The van der Waals surface area contributed by atoms with Crippen LogP contribution < -0.4 is 5.32 Å². The Bertz CT molecular complexity index is 860. The summed E-state index contributed by atoms with van der Waals surface area (Å²) in [5.41, 5.74) is -0.634. The number of para-hydroxylation sites is 2. The van der Waals surface area contributed by atoms with Gasteiger partial charge in [-0.25, -0.2) is 9.78 Å². The van der Waals surface area contributed by atoms with Crippen LogP contribution in [0.1, 0.15) is 10.5 Å². The van der Waals surface area contributed by atoms with Crippen molar-refractivity contribution in [1.29, 1.82) is 0 Å². The van der Waals surface area contributed by atoms with Crippen molar-refractivity contribution in [2.24, 2.45) is 0 Å². The average molecular weight is 405 g/mol. The number of amides is 1. The lowest BCUT2D eigenvalue weighted by atomic mass is 10.2. The van der Waals surface area contributed by atoms with E-state index >= 15 is 0 Å². The first kappa shape index (κ1) is 18.9. The number of ether oxygens (including phenoxy) is 1. The van der Waals surface area contributed by atoms with Crippen molar-refractivity contribution in [1.82, 2.24) is 4.98 Å². The molecule has 0 atom stereocenters. The number of carbonyl (C=O) groups is 2. The van der Waals surface area contributed by atoms with Gasteiger partial charge in [0.2, 0.25) is 0 Å². The van der Waals surface area contributed by atoms with Crippen LogP contribution in [0, 0.1) is 10.1 Å². The molecule has 0 aliphatic carbocycles. The highest BCUT2D eigenvalue weighted by atomic mass is 35.5. The predicted octanol–water partition coefficient (Wildman–Crippen LogP) is 3.75. The van der Waals surface area contributed by atoms with Gasteiger partial charge in [0.05, 0.1) is 20.0 Å². The Labute approximate surface area is 155 Å². The van der Waals surface area contributed by atoms with Gasteiger partial charge in [-0.1, -0.05) is 46.9 Å². The summed E-state index contributed by atoms with van der Waals surface area (Å²) in [6, 6.07) is 5.52. The minimum Gasteiger partial charge on any atom is -0.451 e. The quantitative estimate of drug-likeness (QED) is 0.461. The number of nitro groups is 1. The molecule has 0 aliphatic rings. The molecule has 0 saturated carbocycles. The van der Waals surface area contributed by atoms with Gasteiger partial charge in [0.15, 0.2) is 12.3 Å². The van der Waals surface area contributed by atoms with Gasteiger partial charge in [0.25, 0.3) is 11.6 Å². The number of rotatable bonds is 5. The van der Waals surface area contributed by atoms with Crippen molar-refractivity contribution in [3.05, 3.63) is 61.3 Å². The van der Waals surface area contributed by atoms with Gasteiger partial charge < -0.3 is 10.1 Å². The number of nitrogens with one attached hydrogen (secondary N) is 1. The van der Waals surface area contributed by atoms with Crippen molar-refractivity contribution < 1.29 is 19.2 Å². The lowest BCUT2D eigenvalue weighted by Crippen LogP contribution is -2.22. The number of benzene rings is 1. The van der Waals surface area contributed by atoms with E-state index in [1.807, 2.05) is 0 Å². The fourth-order valence-corrected chi connectivity index (χ4v) is 2.27. The van der Waals surface area contributed by atoms with Crippen LogP contribution in [-0.4, -0.2) is 28.4 Å². The molecular weight excluding hydrogens is 397 g/mol. The highest BCUT2D eigenvalue weighted by molar-refractivity contribution is 6.48. The fraction of sp³-hybridized carbons (Fsp3) is 0.0714. The molecule has 25 heavy (non-hydrogen) atoms. The summed E-state index contributed by atoms with van der Waals surface area (Å²) >= 11 is 17.3. The normalized spacial score (nSPS) is 10.2. The second-order valence-corrected chi connectivity index (χ2v) is 5.64. The molecule has 0 unspecified atom stereocenters. The minimum absolute atomic E-state index is 0.0285. The van der Waals surface area contributed by atoms with Crippen LogP contribution in [0.25, 0.3) is 0 Å². The fourth-order valence-electron chi connectivity index (χ4n) is 1.71. The van der Waals surface area contributed by atoms with Gasteiger partial charge in [-0.05, 0) is 6.07 Å². The molecule has 1 aromatic carbocycles. The molecule has 1 amide bonds. The number of hydrogen-bond acceptors (Lipinski definition) is 6. The molecule has 0 saturated heterocycles. The van der Waals surface area contributed by atoms with E-state index in [2.05, 4.69) is 10.3 Å². The Hall–Kier alpha value is -2.42. The van der Waals surface area contributed by atoms with Gasteiger partial charge in [-0.2, -0.15) is 0 Å². The van der Waals surface area contributed by atoms with E-state index in [4.69, 9.17) is 39.5 Å². The zero-order valence-corrected chi connectivity index (χ0v) is 14.4. The molecule has 0 fully saturated rings. The summed E-state index contributed by atoms with van der Waals surface area (Å²) in [4.78, 5) is 37.6. The number of aromatic nitrogens is 1. The van der Waals surface area contributed by atoms with Crippen LogP contribution in [0.2, 0.25) is 15.1 Å². The molecule has 2 rings (SSSR count). The Balaban J connectivity index is 2.02.